The van der Waals surface area contributed by atoms with Crippen LogP contribution in [0.2, 0.25) is 0 Å². The molecule has 142 valence electrons. The number of nitrogen functional groups attached to an aromatic ring is 1. The Kier molecular flexibility index (Phi) is 4.98. The first-order chi connectivity index (χ1) is 13.0. The Morgan fingerprint density at radius 2 is 2.22 bits per heavy atom. The predicted octanol–water partition coefficient (Wildman–Crippen LogP) is 2.88. The van der Waals surface area contributed by atoms with E-state index >= 15 is 0 Å². The third kappa shape index (κ3) is 3.76. The summed E-state index contributed by atoms with van der Waals surface area (Å²) < 4.78 is 5.27. The lowest BCUT2D eigenvalue weighted by Crippen LogP contribution is -2.31. The van der Waals surface area contributed by atoms with Crippen LogP contribution in [0.25, 0.3) is 0 Å². The highest BCUT2D eigenvalue weighted by molar-refractivity contribution is 7.13. The van der Waals surface area contributed by atoms with Crippen molar-refractivity contribution in [3.05, 3.63) is 49.5 Å². The summed E-state index contributed by atoms with van der Waals surface area (Å²) in [6.45, 7) is 6.91. The Hall–Kier alpha value is -2.23. The summed E-state index contributed by atoms with van der Waals surface area (Å²) in [4.78, 5) is 20.4. The van der Waals surface area contributed by atoms with Crippen LogP contribution >= 0.6 is 22.7 Å². The van der Waals surface area contributed by atoms with Crippen molar-refractivity contribution in [2.24, 2.45) is 0 Å². The molecule has 7 nitrogen and oxygen atoms in total. The second-order valence-electron chi connectivity index (χ2n) is 6.67. The van der Waals surface area contributed by atoms with Gasteiger partial charge in [-0.3, -0.25) is 9.69 Å². The third-order valence-corrected chi connectivity index (χ3v) is 6.57. The van der Waals surface area contributed by atoms with Crippen LogP contribution in [0.15, 0.2) is 15.3 Å². The molecule has 3 aromatic heterocycles. The molecular weight excluding hydrogens is 382 g/mol. The van der Waals surface area contributed by atoms with E-state index in [0.29, 0.717) is 11.7 Å². The van der Waals surface area contributed by atoms with Gasteiger partial charge in [-0.05, 0) is 25.8 Å². The van der Waals surface area contributed by atoms with Crippen molar-refractivity contribution in [3.8, 4) is 0 Å². The minimum absolute atomic E-state index is 0.0433. The first-order valence-electron chi connectivity index (χ1n) is 8.72. The average Bonchev–Trinajstić information content (AvgIpc) is 3.34. The summed E-state index contributed by atoms with van der Waals surface area (Å²) in [5, 5.41) is 11.3. The molecule has 27 heavy (non-hydrogen) atoms. The normalized spacial score (nSPS) is 14.3. The molecule has 0 atom stereocenters. The number of rotatable bonds is 5. The zero-order valence-electron chi connectivity index (χ0n) is 15.2. The van der Waals surface area contributed by atoms with Gasteiger partial charge < -0.3 is 15.6 Å². The van der Waals surface area contributed by atoms with Crippen LogP contribution in [0.3, 0.4) is 0 Å². The van der Waals surface area contributed by atoms with Gasteiger partial charge in [0, 0.05) is 40.8 Å². The molecule has 0 spiro atoms. The number of carbonyl (C=O) groups excluding carboxylic acids is 1. The molecule has 0 aliphatic carbocycles. The molecule has 0 saturated carbocycles. The maximum atomic E-state index is 12.6. The first kappa shape index (κ1) is 18.1. The van der Waals surface area contributed by atoms with Gasteiger partial charge in [0.1, 0.15) is 5.76 Å². The Balaban J connectivity index is 1.41. The van der Waals surface area contributed by atoms with E-state index in [2.05, 4.69) is 20.4 Å². The molecule has 0 aromatic carbocycles. The largest absolute Gasteiger partial charge is 0.375 e. The lowest BCUT2D eigenvalue weighted by molar-refractivity contribution is 0.0949. The predicted molar refractivity (Wildman–Crippen MR) is 106 cm³/mol. The number of hydrogen-bond donors (Lipinski definition) is 2. The number of carbonyl (C=O) groups is 1. The van der Waals surface area contributed by atoms with Gasteiger partial charge in [0.05, 0.1) is 23.5 Å². The number of hydrogen-bond acceptors (Lipinski definition) is 8. The molecule has 0 radical (unpaired) electrons. The van der Waals surface area contributed by atoms with E-state index in [1.807, 2.05) is 24.6 Å². The van der Waals surface area contributed by atoms with E-state index in [0.717, 1.165) is 54.3 Å². The maximum absolute atomic E-state index is 12.6. The Morgan fingerprint density at radius 3 is 2.93 bits per heavy atom. The summed E-state index contributed by atoms with van der Waals surface area (Å²) in [6, 6.07) is 0. The van der Waals surface area contributed by atoms with Crippen LogP contribution in [0, 0.1) is 13.8 Å². The van der Waals surface area contributed by atoms with E-state index in [1.54, 1.807) is 11.3 Å². The summed E-state index contributed by atoms with van der Waals surface area (Å²) in [5.74, 6) is 0.838. The molecule has 1 amide bonds. The highest BCUT2D eigenvalue weighted by Crippen LogP contribution is 2.30. The van der Waals surface area contributed by atoms with Gasteiger partial charge in [0.25, 0.3) is 5.91 Å². The van der Waals surface area contributed by atoms with Gasteiger partial charge >= 0.3 is 0 Å². The van der Waals surface area contributed by atoms with Crippen LogP contribution in [0.5, 0.6) is 0 Å². The number of fused-ring (bicyclic) bond motifs is 1. The zero-order valence-corrected chi connectivity index (χ0v) is 16.9. The number of aromatic nitrogens is 2. The monoisotopic (exact) mass is 403 g/mol. The average molecular weight is 404 g/mol. The lowest BCUT2D eigenvalue weighted by Gasteiger charge is -2.27. The van der Waals surface area contributed by atoms with Gasteiger partial charge in [-0.2, -0.15) is 0 Å². The van der Waals surface area contributed by atoms with Crippen LogP contribution < -0.4 is 11.1 Å². The van der Waals surface area contributed by atoms with Crippen molar-refractivity contribution in [1.29, 1.82) is 0 Å². The Morgan fingerprint density at radius 1 is 1.37 bits per heavy atom. The standard InChI is InChI=1S/C18H21N5O2S2/c1-10-14(11(2)25-22-10)6-23-4-3-13-15(9-26-16(13)7-23)17(24)20-5-12-8-27-18(19)21-12/h8-9H,3-7H2,1-2H3,(H2,19,21)(H,20,24). The van der Waals surface area contributed by atoms with E-state index in [4.69, 9.17) is 10.3 Å². The van der Waals surface area contributed by atoms with Crippen LogP contribution in [-0.2, 0) is 26.1 Å². The number of nitrogens with zero attached hydrogens (tertiary/aromatic N) is 3. The maximum Gasteiger partial charge on any atom is 0.252 e. The highest BCUT2D eigenvalue weighted by Gasteiger charge is 2.25. The molecule has 0 unspecified atom stereocenters. The highest BCUT2D eigenvalue weighted by atomic mass is 32.1. The second-order valence-corrected chi connectivity index (χ2v) is 8.53. The fourth-order valence-electron chi connectivity index (χ4n) is 3.33. The van der Waals surface area contributed by atoms with E-state index in [1.165, 1.54) is 21.8 Å². The summed E-state index contributed by atoms with van der Waals surface area (Å²) in [7, 11) is 0. The Bertz CT molecular complexity index is 955. The van der Waals surface area contributed by atoms with Gasteiger partial charge in [0.2, 0.25) is 0 Å². The molecule has 1 aliphatic rings. The van der Waals surface area contributed by atoms with Crippen molar-refractivity contribution < 1.29 is 9.32 Å². The van der Waals surface area contributed by atoms with Gasteiger partial charge in [-0.25, -0.2) is 4.98 Å². The molecule has 4 heterocycles. The summed E-state index contributed by atoms with van der Waals surface area (Å²) in [6.07, 6.45) is 0.870. The molecule has 1 aliphatic heterocycles. The number of amides is 1. The Labute approximate surface area is 165 Å². The number of aryl methyl sites for hydroxylation is 2. The number of thiophene rings is 1. The minimum Gasteiger partial charge on any atom is -0.375 e. The number of anilines is 1. The molecule has 3 aromatic rings. The number of thiazole rings is 1. The number of nitrogens with one attached hydrogen (secondary N) is 1. The second kappa shape index (κ2) is 7.41. The molecule has 9 heteroatoms. The van der Waals surface area contributed by atoms with Crippen LogP contribution in [0.4, 0.5) is 5.13 Å². The fraction of sp³-hybridized carbons (Fsp3) is 0.389. The van der Waals surface area contributed by atoms with Gasteiger partial charge in [-0.15, -0.1) is 22.7 Å². The summed E-state index contributed by atoms with van der Waals surface area (Å²) in [5.41, 5.74) is 10.5. The van der Waals surface area contributed by atoms with E-state index in [9.17, 15) is 4.79 Å². The van der Waals surface area contributed by atoms with Gasteiger partial charge in [-0.1, -0.05) is 5.16 Å². The lowest BCUT2D eigenvalue weighted by atomic mass is 10.0. The van der Waals surface area contributed by atoms with Crippen molar-refractivity contribution >= 4 is 33.7 Å². The van der Waals surface area contributed by atoms with Crippen molar-refractivity contribution in [2.75, 3.05) is 12.3 Å². The van der Waals surface area contributed by atoms with Gasteiger partial charge in [0.15, 0.2) is 5.13 Å². The molecule has 0 bridgehead atoms. The topological polar surface area (TPSA) is 97.3 Å². The van der Waals surface area contributed by atoms with Crippen molar-refractivity contribution in [2.45, 2.75) is 39.9 Å². The van der Waals surface area contributed by atoms with Crippen molar-refractivity contribution in [1.82, 2.24) is 20.4 Å². The smallest absolute Gasteiger partial charge is 0.252 e. The summed E-state index contributed by atoms with van der Waals surface area (Å²) >= 11 is 3.04. The minimum atomic E-state index is -0.0433. The molecular formula is C18H21N5O2S2. The third-order valence-electron chi connectivity index (χ3n) is 4.83. The van der Waals surface area contributed by atoms with Crippen LogP contribution in [-0.4, -0.2) is 27.5 Å². The molecule has 0 saturated heterocycles. The fourth-order valence-corrected chi connectivity index (χ4v) is 5.01. The number of nitrogens with two attached hydrogens (primary N) is 1. The zero-order chi connectivity index (χ0) is 19.0. The molecule has 3 N–H and O–H groups in total. The van der Waals surface area contributed by atoms with E-state index in [-0.39, 0.29) is 5.91 Å². The molecule has 4 rings (SSSR count). The SMILES string of the molecule is Cc1noc(C)c1CN1CCc2c(C(=O)NCc3csc(N)n3)csc2C1. The van der Waals surface area contributed by atoms with E-state index < -0.39 is 0 Å². The quantitative estimate of drug-likeness (QED) is 0.680. The van der Waals surface area contributed by atoms with Crippen molar-refractivity contribution in [3.63, 3.8) is 0 Å². The molecule has 0 fully saturated rings. The first-order valence-corrected chi connectivity index (χ1v) is 10.5. The van der Waals surface area contributed by atoms with Crippen LogP contribution in [0.1, 0.15) is 43.5 Å².